The number of primary amides is 1. The highest BCUT2D eigenvalue weighted by Crippen LogP contribution is 2.38. The van der Waals surface area contributed by atoms with E-state index in [1.807, 2.05) is 0 Å². The topological polar surface area (TPSA) is 81.4 Å². The monoisotopic (exact) mass is 346 g/mol. The van der Waals surface area contributed by atoms with E-state index in [1.54, 1.807) is 6.92 Å². The fourth-order valence-corrected chi connectivity index (χ4v) is 3.07. The number of anilines is 1. The Morgan fingerprint density at radius 2 is 1.92 bits per heavy atom. The number of amides is 2. The van der Waals surface area contributed by atoms with Crippen molar-refractivity contribution in [2.24, 2.45) is 5.73 Å². The van der Waals surface area contributed by atoms with Gasteiger partial charge in [-0.25, -0.2) is 13.6 Å². The normalized spacial score (nSPS) is 15.6. The van der Waals surface area contributed by atoms with E-state index in [0.717, 1.165) is 6.07 Å². The lowest BCUT2D eigenvalue weighted by atomic mass is 10.0. The molecule has 130 valence electrons. The number of halogens is 2. The first kappa shape index (κ1) is 16.9. The number of nitrogens with two attached hydrogens (primary N) is 1. The summed E-state index contributed by atoms with van der Waals surface area (Å²) in [7, 11) is 0. The molecule has 7 heteroatoms. The van der Waals surface area contributed by atoms with Gasteiger partial charge in [-0.1, -0.05) is 0 Å². The van der Waals surface area contributed by atoms with Gasteiger partial charge in [0.05, 0.1) is 0 Å². The number of hydrogen-bond acceptors (Lipinski definition) is 3. The van der Waals surface area contributed by atoms with Gasteiger partial charge in [0.1, 0.15) is 17.7 Å². The average molecular weight is 346 g/mol. The number of hydrogen-bond donors (Lipinski definition) is 2. The van der Waals surface area contributed by atoms with Crippen LogP contribution in [0, 0.1) is 18.6 Å². The van der Waals surface area contributed by atoms with Crippen molar-refractivity contribution in [3.63, 3.8) is 0 Å². The molecule has 2 aromatic rings. The molecule has 2 amide bonds. The summed E-state index contributed by atoms with van der Waals surface area (Å²) in [4.78, 5) is 23.5. The van der Waals surface area contributed by atoms with Gasteiger partial charge in [-0.2, -0.15) is 0 Å². The van der Waals surface area contributed by atoms with Crippen LogP contribution in [-0.2, 0) is 11.2 Å². The van der Waals surface area contributed by atoms with E-state index in [1.165, 1.54) is 24.3 Å². The third-order valence-corrected chi connectivity index (χ3v) is 4.20. The first-order chi connectivity index (χ1) is 11.9. The lowest BCUT2D eigenvalue weighted by molar-refractivity contribution is 0.102. The van der Waals surface area contributed by atoms with Gasteiger partial charge >= 0.3 is 6.09 Å². The minimum absolute atomic E-state index is 0.182. The molecule has 0 fully saturated rings. The smallest absolute Gasteiger partial charge is 0.405 e. The van der Waals surface area contributed by atoms with Gasteiger partial charge in [0, 0.05) is 16.8 Å². The molecule has 0 spiro atoms. The van der Waals surface area contributed by atoms with Gasteiger partial charge < -0.3 is 15.8 Å². The third-order valence-electron chi connectivity index (χ3n) is 4.20. The van der Waals surface area contributed by atoms with Gasteiger partial charge in [0.2, 0.25) is 0 Å². The lowest BCUT2D eigenvalue weighted by Gasteiger charge is -2.14. The number of benzene rings is 2. The highest BCUT2D eigenvalue weighted by Gasteiger charge is 2.32. The molecular formula is C18H16F2N2O3. The molecule has 0 aromatic heterocycles. The van der Waals surface area contributed by atoms with Crippen molar-refractivity contribution in [3.05, 3.63) is 64.2 Å². The number of carbonyl (C=O) groups excluding carboxylic acids is 2. The zero-order valence-electron chi connectivity index (χ0n) is 13.4. The maximum absolute atomic E-state index is 14.2. The summed E-state index contributed by atoms with van der Waals surface area (Å²) in [5, 5.41) is 2.67. The molecule has 0 radical (unpaired) electrons. The molecule has 2 aromatic carbocycles. The van der Waals surface area contributed by atoms with Crippen molar-refractivity contribution in [3.8, 4) is 0 Å². The Hall–Kier alpha value is -2.96. The van der Waals surface area contributed by atoms with Gasteiger partial charge in [-0.3, -0.25) is 4.79 Å². The van der Waals surface area contributed by atoms with Crippen LogP contribution in [-0.4, -0.2) is 12.0 Å². The van der Waals surface area contributed by atoms with Gasteiger partial charge in [0.15, 0.2) is 0 Å². The molecule has 1 aliphatic rings. The van der Waals surface area contributed by atoms with E-state index in [2.05, 4.69) is 5.32 Å². The SMILES string of the molecule is Cc1cc(NC(=O)c2ccc(F)c3c2CC[C@@H]3OC(N)=O)ccc1F. The summed E-state index contributed by atoms with van der Waals surface area (Å²) in [6.07, 6.45) is -1.05. The Labute approximate surface area is 142 Å². The van der Waals surface area contributed by atoms with Crippen LogP contribution in [0.3, 0.4) is 0 Å². The van der Waals surface area contributed by atoms with E-state index < -0.39 is 23.9 Å². The highest BCUT2D eigenvalue weighted by atomic mass is 19.1. The van der Waals surface area contributed by atoms with Crippen LogP contribution in [0.1, 0.15) is 39.6 Å². The van der Waals surface area contributed by atoms with Gasteiger partial charge in [-0.15, -0.1) is 0 Å². The molecule has 3 N–H and O–H groups in total. The summed E-state index contributed by atoms with van der Waals surface area (Å²) in [5.74, 6) is -1.36. The zero-order chi connectivity index (χ0) is 18.1. The number of rotatable bonds is 3. The van der Waals surface area contributed by atoms with Crippen LogP contribution in [0.15, 0.2) is 30.3 Å². The fraction of sp³-hybridized carbons (Fsp3) is 0.222. The van der Waals surface area contributed by atoms with Crippen LogP contribution < -0.4 is 11.1 Å². The zero-order valence-corrected chi connectivity index (χ0v) is 13.4. The Balaban J connectivity index is 1.90. The predicted molar refractivity (Wildman–Crippen MR) is 87.2 cm³/mol. The van der Waals surface area contributed by atoms with E-state index in [9.17, 15) is 18.4 Å². The summed E-state index contributed by atoms with van der Waals surface area (Å²) < 4.78 is 32.4. The second kappa shape index (κ2) is 6.51. The summed E-state index contributed by atoms with van der Waals surface area (Å²) >= 11 is 0. The molecule has 5 nitrogen and oxygen atoms in total. The van der Waals surface area contributed by atoms with Crippen LogP contribution >= 0.6 is 0 Å². The number of fused-ring (bicyclic) bond motifs is 1. The molecule has 1 aliphatic carbocycles. The van der Waals surface area contributed by atoms with E-state index in [4.69, 9.17) is 10.5 Å². The van der Waals surface area contributed by atoms with Crippen molar-refractivity contribution < 1.29 is 23.1 Å². The number of nitrogens with one attached hydrogen (secondary N) is 1. The van der Waals surface area contributed by atoms with Gasteiger partial charge in [-0.05, 0) is 61.2 Å². The maximum atomic E-state index is 14.2. The van der Waals surface area contributed by atoms with Gasteiger partial charge in [0.25, 0.3) is 5.91 Å². The van der Waals surface area contributed by atoms with Crippen molar-refractivity contribution in [1.29, 1.82) is 0 Å². The van der Waals surface area contributed by atoms with Crippen molar-refractivity contribution >= 4 is 17.7 Å². The molecule has 0 unspecified atom stereocenters. The molecule has 0 heterocycles. The molecule has 1 atom stereocenters. The fourth-order valence-electron chi connectivity index (χ4n) is 3.07. The Kier molecular flexibility index (Phi) is 4.39. The second-order valence-electron chi connectivity index (χ2n) is 5.87. The van der Waals surface area contributed by atoms with Crippen molar-refractivity contribution in [2.45, 2.75) is 25.9 Å². The molecule has 0 aliphatic heterocycles. The van der Waals surface area contributed by atoms with E-state index in [-0.39, 0.29) is 16.9 Å². The summed E-state index contributed by atoms with van der Waals surface area (Å²) in [6.45, 7) is 1.59. The highest BCUT2D eigenvalue weighted by molar-refractivity contribution is 6.05. The van der Waals surface area contributed by atoms with Crippen molar-refractivity contribution in [1.82, 2.24) is 0 Å². The molecule has 0 saturated heterocycles. The van der Waals surface area contributed by atoms with Crippen molar-refractivity contribution in [2.75, 3.05) is 5.32 Å². The largest absolute Gasteiger partial charge is 0.441 e. The van der Waals surface area contributed by atoms with E-state index in [0.29, 0.717) is 29.7 Å². The number of aryl methyl sites for hydroxylation is 1. The van der Waals surface area contributed by atoms with Crippen LogP contribution in [0.4, 0.5) is 19.3 Å². The minimum Gasteiger partial charge on any atom is -0.441 e. The maximum Gasteiger partial charge on any atom is 0.405 e. The summed E-state index contributed by atoms with van der Waals surface area (Å²) in [6, 6.07) is 6.76. The Morgan fingerprint density at radius 3 is 2.60 bits per heavy atom. The quantitative estimate of drug-likeness (QED) is 0.891. The lowest BCUT2D eigenvalue weighted by Crippen LogP contribution is -2.17. The number of carbonyl (C=O) groups is 2. The second-order valence-corrected chi connectivity index (χ2v) is 5.87. The molecule has 3 rings (SSSR count). The molecule has 0 saturated carbocycles. The van der Waals surface area contributed by atoms with Crippen LogP contribution in [0.25, 0.3) is 0 Å². The van der Waals surface area contributed by atoms with Crippen LogP contribution in [0.2, 0.25) is 0 Å². The standard InChI is InChI=1S/C18H16F2N2O3/c1-9-8-10(2-5-13(9)19)22-17(23)12-3-6-14(20)16-11(12)4-7-15(16)25-18(21)24/h2-3,5-6,8,15H,4,7H2,1H3,(H2,21,24)(H,22,23)/t15-/m0/s1. The Morgan fingerprint density at radius 1 is 1.20 bits per heavy atom. The first-order valence-corrected chi connectivity index (χ1v) is 7.71. The molecular weight excluding hydrogens is 330 g/mol. The average Bonchev–Trinajstić information content (AvgIpc) is 2.95. The molecule has 0 bridgehead atoms. The predicted octanol–water partition coefficient (Wildman–Crippen LogP) is 3.61. The van der Waals surface area contributed by atoms with E-state index >= 15 is 0 Å². The number of ether oxygens (including phenoxy) is 1. The molecule has 25 heavy (non-hydrogen) atoms. The third kappa shape index (κ3) is 3.31. The van der Waals surface area contributed by atoms with Crippen LogP contribution in [0.5, 0.6) is 0 Å². The Bertz CT molecular complexity index is 868. The minimum atomic E-state index is -0.992. The summed E-state index contributed by atoms with van der Waals surface area (Å²) in [5.41, 5.74) is 6.80. The first-order valence-electron chi connectivity index (χ1n) is 7.71.